The molecule has 1 atom stereocenters. The Morgan fingerprint density at radius 2 is 1.07 bits per heavy atom. The van der Waals surface area contributed by atoms with Crippen LogP contribution in [0.4, 0.5) is 0 Å². The average molecular weight is 890 g/mol. The van der Waals surface area contributed by atoms with E-state index in [1.807, 2.05) is 0 Å². The number of carbonyl (C=O) groups is 6. The molecule has 16 nitrogen and oxygen atoms in total. The van der Waals surface area contributed by atoms with Crippen LogP contribution in [0.3, 0.4) is 0 Å². The minimum absolute atomic E-state index is 0. The molecule has 0 aromatic heterocycles. The standard InChI is InChI=1S/C5H4NO7S.C5H4NO4.C4H3NO2.5CH3.4Y/c7-2-13-6-4(8)1-3(5(6)9)14(10,11)12;7-3-10-6-4(8)1-2-5(6)9;6-3-1-2-4(7)5-3;;;;;;;;;/h3H,1H2,(H,10,11,12);1-2H2;1-2H,(H,5,6,7);5*1H3;;;;/q2*-1;;5*-1;;;;/p-2. The molecule has 2 fully saturated rings. The molecule has 3 heterocycles. The van der Waals surface area contributed by atoms with Crippen LogP contribution in [-0.2, 0) is 189 Å². The monoisotopic (exact) mass is 890 g/mol. The van der Waals surface area contributed by atoms with Crippen LogP contribution < -0.4 is 0 Å². The van der Waals surface area contributed by atoms with Crippen molar-refractivity contribution in [3.05, 3.63) is 54.6 Å². The van der Waals surface area contributed by atoms with E-state index in [0.29, 0.717) is 5.06 Å². The molecule has 0 spiro atoms. The van der Waals surface area contributed by atoms with Crippen molar-refractivity contribution in [1.82, 2.24) is 10.1 Å². The van der Waals surface area contributed by atoms with E-state index in [-0.39, 0.29) is 186 Å². The van der Waals surface area contributed by atoms with Crippen LogP contribution in [0.25, 0.3) is 5.32 Å². The van der Waals surface area contributed by atoms with E-state index in [1.165, 1.54) is 0 Å². The van der Waals surface area contributed by atoms with Gasteiger partial charge in [-0.3, -0.25) is 19.2 Å². The molecular formula is C19H24N3O13SY4-9. The molecule has 0 N–H and O–H groups in total. The Labute approximate surface area is 334 Å². The van der Waals surface area contributed by atoms with Gasteiger partial charge in [0.25, 0.3) is 23.6 Å². The zero-order valence-electron chi connectivity index (χ0n) is 22.2. The third kappa shape index (κ3) is 21.2. The molecule has 4 radical (unpaired) electrons. The molecule has 6 amide bonds. The zero-order chi connectivity index (χ0) is 23.8. The molecule has 1 unspecified atom stereocenters. The summed E-state index contributed by atoms with van der Waals surface area (Å²) >= 11 is 0. The summed E-state index contributed by atoms with van der Waals surface area (Å²) < 4.78 is 31.3. The second-order valence-corrected chi connectivity index (χ2v) is 6.82. The van der Waals surface area contributed by atoms with Gasteiger partial charge in [-0.05, 0) is 25.1 Å². The van der Waals surface area contributed by atoms with Gasteiger partial charge < -0.3 is 75.9 Å². The van der Waals surface area contributed by atoms with E-state index in [1.54, 1.807) is 0 Å². The Balaban J connectivity index is -0.0000000480. The number of amides is 6. The van der Waals surface area contributed by atoms with Crippen molar-refractivity contribution < 1.29 is 192 Å². The molecule has 40 heavy (non-hydrogen) atoms. The van der Waals surface area contributed by atoms with Gasteiger partial charge in [0.2, 0.25) is 0 Å². The molecule has 0 aliphatic carbocycles. The van der Waals surface area contributed by atoms with Crippen LogP contribution >= 0.6 is 0 Å². The van der Waals surface area contributed by atoms with Gasteiger partial charge in [0.15, 0.2) is 0 Å². The Hall–Kier alpha value is 0.426. The summed E-state index contributed by atoms with van der Waals surface area (Å²) in [7, 11) is -4.91. The Kier molecular flexibility index (Phi) is 49.1. The molecule has 220 valence electrons. The summed E-state index contributed by atoms with van der Waals surface area (Å²) in [6, 6.07) is 0. The van der Waals surface area contributed by atoms with Crippen LogP contribution in [0.1, 0.15) is 19.3 Å². The van der Waals surface area contributed by atoms with E-state index in [9.17, 15) is 51.3 Å². The molecule has 0 saturated carbocycles. The summed E-state index contributed by atoms with van der Waals surface area (Å²) in [5.74, 6) is -4.33. The van der Waals surface area contributed by atoms with Crippen molar-refractivity contribution in [1.29, 1.82) is 0 Å². The largest absolute Gasteiger partial charge is 0.747 e. The number of rotatable bonds is 5. The number of nitrogens with zero attached hydrogens (tertiary/aromatic N) is 3. The number of hydroxylamine groups is 4. The average Bonchev–Trinajstić information content (AvgIpc) is 3.31. The van der Waals surface area contributed by atoms with Crippen LogP contribution in [0.2, 0.25) is 0 Å². The van der Waals surface area contributed by atoms with Crippen LogP contribution in [0, 0.1) is 37.1 Å². The third-order valence-electron chi connectivity index (χ3n) is 3.26. The summed E-state index contributed by atoms with van der Waals surface area (Å²) in [4.78, 5) is 89.9. The number of hydrogen-bond acceptors (Lipinski definition) is 13. The van der Waals surface area contributed by atoms with Crippen molar-refractivity contribution in [3.63, 3.8) is 0 Å². The summed E-state index contributed by atoms with van der Waals surface area (Å²) in [6.07, 6.45) is 1.69. The zero-order valence-corrected chi connectivity index (χ0v) is 34.4. The molecule has 0 aromatic rings. The van der Waals surface area contributed by atoms with Gasteiger partial charge in [0.1, 0.15) is 15.4 Å². The minimum Gasteiger partial charge on any atom is -0.747 e. The van der Waals surface area contributed by atoms with Gasteiger partial charge >= 0.3 is 0 Å². The molecule has 0 bridgehead atoms. The topological polar surface area (TPSA) is 233 Å². The maximum atomic E-state index is 11.0. The first-order chi connectivity index (χ1) is 14.4. The van der Waals surface area contributed by atoms with E-state index in [4.69, 9.17) is 0 Å². The normalized spacial score (nSPS) is 15.5. The maximum absolute atomic E-state index is 11.0. The van der Waals surface area contributed by atoms with Gasteiger partial charge in [0.05, 0.1) is 18.2 Å². The summed E-state index contributed by atoms with van der Waals surface area (Å²) in [5.41, 5.74) is 0. The van der Waals surface area contributed by atoms with Crippen molar-refractivity contribution in [3.8, 4) is 0 Å². The van der Waals surface area contributed by atoms with E-state index in [2.05, 4.69) is 15.0 Å². The Morgan fingerprint density at radius 3 is 1.32 bits per heavy atom. The van der Waals surface area contributed by atoms with Gasteiger partial charge in [-0.1, -0.05) is 0 Å². The SMILES string of the molecule is O=C1C=CC(=O)[N-]1.O=[C-]ON1C(=O)CC(S(=O)(=O)[O-])C1=O.O=[C-]ON1C(=O)CCC1=O.[CH3-].[CH3-].[CH3-].[CH3-].[CH3-].[Y].[Y].[Y].[Y]. The van der Waals surface area contributed by atoms with Crippen LogP contribution in [0.5, 0.6) is 0 Å². The number of carbonyl (C=O) groups excluding carboxylic acids is 8. The van der Waals surface area contributed by atoms with Crippen molar-refractivity contribution in [2.24, 2.45) is 0 Å². The summed E-state index contributed by atoms with van der Waals surface area (Å²) in [6.45, 7) is 1.78. The van der Waals surface area contributed by atoms with Crippen molar-refractivity contribution in [2.45, 2.75) is 24.5 Å². The molecule has 21 heteroatoms. The van der Waals surface area contributed by atoms with Crippen LogP contribution in [-0.4, -0.2) is 76.7 Å². The van der Waals surface area contributed by atoms with Gasteiger partial charge in [-0.15, -0.1) is 10.1 Å². The summed E-state index contributed by atoms with van der Waals surface area (Å²) in [5, 5.41) is 1.32. The Morgan fingerprint density at radius 1 is 0.725 bits per heavy atom. The van der Waals surface area contributed by atoms with Gasteiger partial charge in [0, 0.05) is 144 Å². The maximum Gasteiger partial charge on any atom is 0.277 e. The fourth-order valence-corrected chi connectivity index (χ4v) is 2.65. The second-order valence-electron chi connectivity index (χ2n) is 5.26. The fourth-order valence-electron chi connectivity index (χ4n) is 1.96. The van der Waals surface area contributed by atoms with E-state index < -0.39 is 57.2 Å². The molecule has 2 saturated heterocycles. The van der Waals surface area contributed by atoms with E-state index in [0.717, 1.165) is 25.1 Å². The van der Waals surface area contributed by atoms with Gasteiger partial charge in [-0.2, -0.15) is 0 Å². The first-order valence-electron chi connectivity index (χ1n) is 7.65. The third-order valence-corrected chi connectivity index (χ3v) is 4.33. The van der Waals surface area contributed by atoms with E-state index >= 15 is 0 Å². The molecule has 3 aliphatic rings. The quantitative estimate of drug-likeness (QED) is 0.184. The van der Waals surface area contributed by atoms with Crippen LogP contribution in [0.15, 0.2) is 12.2 Å². The molecule has 3 rings (SSSR count). The predicted molar refractivity (Wildman–Crippen MR) is 119 cm³/mol. The predicted octanol–water partition coefficient (Wildman–Crippen LogP) is -0.983. The first kappa shape index (κ1) is 63.6. The number of imide groups is 3. The minimum atomic E-state index is -4.91. The molecule has 3 aliphatic heterocycles. The second kappa shape index (κ2) is 30.9. The molecular weight excluding hydrogens is 866 g/mol. The first-order valence-corrected chi connectivity index (χ1v) is 9.12. The Bertz CT molecular complexity index is 946. The van der Waals surface area contributed by atoms with Crippen molar-refractivity contribution >= 4 is 58.5 Å². The van der Waals surface area contributed by atoms with Gasteiger partial charge in [-0.25, -0.2) is 8.42 Å². The smallest absolute Gasteiger partial charge is 0.277 e. The molecule has 0 aromatic carbocycles. The van der Waals surface area contributed by atoms with Crippen molar-refractivity contribution in [2.75, 3.05) is 0 Å². The number of hydrogen-bond donors (Lipinski definition) is 0. The fraction of sp³-hybridized carbons (Fsp3) is 0.211.